The fourth-order valence-electron chi connectivity index (χ4n) is 3.67. The Morgan fingerprint density at radius 2 is 1.61 bits per heavy atom. The van der Waals surface area contributed by atoms with Crippen LogP contribution in [0.15, 0.2) is 84.9 Å². The summed E-state index contributed by atoms with van der Waals surface area (Å²) in [6, 6.07) is 28.6. The first-order valence-corrected chi connectivity index (χ1v) is 11.8. The van der Waals surface area contributed by atoms with E-state index in [1.807, 2.05) is 48.3 Å². The normalized spacial score (nSPS) is 11.7. The van der Waals surface area contributed by atoms with Gasteiger partial charge in [0.05, 0.1) is 12.6 Å². The van der Waals surface area contributed by atoms with Crippen LogP contribution in [-0.2, 0) is 17.6 Å². The number of amides is 1. The van der Waals surface area contributed by atoms with Gasteiger partial charge in [-0.2, -0.15) is 4.37 Å². The maximum absolute atomic E-state index is 12.9. The van der Waals surface area contributed by atoms with Gasteiger partial charge in [0.15, 0.2) is 0 Å². The number of likely N-dealkylation sites (N-methyl/N-ethyl adjacent to an activating group) is 1. The van der Waals surface area contributed by atoms with E-state index in [4.69, 9.17) is 0 Å². The van der Waals surface area contributed by atoms with Crippen molar-refractivity contribution in [1.29, 1.82) is 0 Å². The van der Waals surface area contributed by atoms with Gasteiger partial charge < -0.3 is 10.2 Å². The molecule has 1 aromatic heterocycles. The van der Waals surface area contributed by atoms with E-state index in [-0.39, 0.29) is 18.5 Å². The molecule has 1 atom stereocenters. The summed E-state index contributed by atoms with van der Waals surface area (Å²) in [5, 5.41) is 3.95. The Labute approximate surface area is 199 Å². The molecule has 0 radical (unpaired) electrons. The van der Waals surface area contributed by atoms with E-state index in [0.717, 1.165) is 22.9 Å². The molecule has 3 aromatic carbocycles. The lowest BCUT2D eigenvalue weighted by Gasteiger charge is -2.22. The minimum atomic E-state index is -0.0963. The van der Waals surface area contributed by atoms with Crippen molar-refractivity contribution < 1.29 is 4.79 Å². The lowest BCUT2D eigenvalue weighted by Crippen LogP contribution is -2.38. The first kappa shape index (κ1) is 22.7. The summed E-state index contributed by atoms with van der Waals surface area (Å²) in [5.41, 5.74) is 4.69. The summed E-state index contributed by atoms with van der Waals surface area (Å²) >= 11 is 1.32. The van der Waals surface area contributed by atoms with Crippen LogP contribution in [0.1, 0.15) is 34.1 Å². The fraction of sp³-hybridized carbons (Fsp3) is 0.222. The molecule has 5 nitrogen and oxygen atoms in total. The van der Waals surface area contributed by atoms with E-state index < -0.39 is 0 Å². The maximum Gasteiger partial charge on any atom is 0.240 e. The number of nitrogens with zero attached hydrogens (tertiary/aromatic N) is 3. The number of carbonyl (C=O) groups is 1. The zero-order valence-electron chi connectivity index (χ0n) is 18.9. The molecule has 0 aliphatic heterocycles. The highest BCUT2D eigenvalue weighted by Gasteiger charge is 2.18. The molecular formula is C27H28N4OS. The molecule has 33 heavy (non-hydrogen) atoms. The van der Waals surface area contributed by atoms with Crippen molar-refractivity contribution in [2.75, 3.05) is 18.5 Å². The molecular weight excluding hydrogens is 428 g/mol. The minimum absolute atomic E-state index is 0.0439. The highest BCUT2D eigenvalue weighted by Crippen LogP contribution is 2.20. The first-order chi connectivity index (χ1) is 16.1. The summed E-state index contributed by atoms with van der Waals surface area (Å²) in [5.74, 6) is 0.731. The van der Waals surface area contributed by atoms with Crippen molar-refractivity contribution in [2.24, 2.45) is 0 Å². The third-order valence-corrected chi connectivity index (χ3v) is 6.34. The molecule has 1 unspecified atom stereocenters. The van der Waals surface area contributed by atoms with Crippen molar-refractivity contribution in [1.82, 2.24) is 14.7 Å². The third kappa shape index (κ3) is 6.49. The highest BCUT2D eigenvalue weighted by atomic mass is 32.1. The molecule has 6 heteroatoms. The zero-order valence-corrected chi connectivity index (χ0v) is 19.8. The molecule has 168 valence electrons. The van der Waals surface area contributed by atoms with Gasteiger partial charge in [0.1, 0.15) is 5.82 Å². The number of carbonyl (C=O) groups excluding carboxylic acids is 1. The van der Waals surface area contributed by atoms with E-state index in [0.29, 0.717) is 6.42 Å². The largest absolute Gasteiger partial charge is 0.347 e. The summed E-state index contributed by atoms with van der Waals surface area (Å²) in [6.45, 7) is 2.29. The lowest BCUT2D eigenvalue weighted by atomic mass is 9.99. The summed E-state index contributed by atoms with van der Waals surface area (Å²) in [7, 11) is 1.88. The molecule has 0 aliphatic carbocycles. The second-order valence-corrected chi connectivity index (χ2v) is 8.96. The third-order valence-electron chi connectivity index (χ3n) is 5.47. The molecule has 1 amide bonds. The van der Waals surface area contributed by atoms with Gasteiger partial charge in [0.25, 0.3) is 0 Å². The Bertz CT molecular complexity index is 1160. The minimum Gasteiger partial charge on any atom is -0.347 e. The number of aromatic nitrogens is 2. The van der Waals surface area contributed by atoms with E-state index in [9.17, 15) is 4.79 Å². The SMILES string of the molecule is Cc1ccc(Cc2nsc(N(C)CC(=O)NC(Cc3ccccc3)c3ccccc3)n2)cc1. The van der Waals surface area contributed by atoms with Crippen LogP contribution in [-0.4, -0.2) is 28.9 Å². The molecule has 1 N–H and O–H groups in total. The van der Waals surface area contributed by atoms with Crippen molar-refractivity contribution in [3.63, 3.8) is 0 Å². The van der Waals surface area contributed by atoms with E-state index in [2.05, 4.69) is 70.1 Å². The van der Waals surface area contributed by atoms with Gasteiger partial charge in [0, 0.05) is 25.0 Å². The molecule has 0 bridgehead atoms. The standard InChI is InChI=1S/C27H28N4OS/c1-20-13-15-22(16-14-20)18-25-29-27(33-30-25)31(2)19-26(32)28-24(23-11-7-4-8-12-23)17-21-9-5-3-6-10-21/h3-16,24H,17-19H2,1-2H3,(H,28,32). The average molecular weight is 457 g/mol. The van der Waals surface area contributed by atoms with Crippen LogP contribution < -0.4 is 10.2 Å². The Balaban J connectivity index is 1.39. The Kier molecular flexibility index (Phi) is 7.47. The van der Waals surface area contributed by atoms with Gasteiger partial charge in [-0.05, 0) is 30.0 Å². The number of rotatable bonds is 9. The van der Waals surface area contributed by atoms with Crippen molar-refractivity contribution in [3.05, 3.63) is 113 Å². The first-order valence-electron chi connectivity index (χ1n) is 11.0. The van der Waals surface area contributed by atoms with Crippen LogP contribution in [0.5, 0.6) is 0 Å². The number of aryl methyl sites for hydroxylation is 1. The average Bonchev–Trinajstić information content (AvgIpc) is 3.30. The maximum atomic E-state index is 12.9. The Morgan fingerprint density at radius 3 is 2.30 bits per heavy atom. The number of nitrogens with one attached hydrogen (secondary N) is 1. The molecule has 0 saturated carbocycles. The van der Waals surface area contributed by atoms with Gasteiger partial charge in [-0.15, -0.1) is 0 Å². The van der Waals surface area contributed by atoms with Crippen molar-refractivity contribution in [3.8, 4) is 0 Å². The highest BCUT2D eigenvalue weighted by molar-refractivity contribution is 7.09. The molecule has 4 rings (SSSR count). The van der Waals surface area contributed by atoms with Gasteiger partial charge in [-0.1, -0.05) is 90.5 Å². The van der Waals surface area contributed by atoms with Crippen LogP contribution in [0.25, 0.3) is 0 Å². The van der Waals surface area contributed by atoms with Crippen LogP contribution in [0.3, 0.4) is 0 Å². The van der Waals surface area contributed by atoms with Gasteiger partial charge in [0.2, 0.25) is 11.0 Å². The number of anilines is 1. The zero-order chi connectivity index (χ0) is 23.0. The number of hydrogen-bond donors (Lipinski definition) is 1. The van der Waals surface area contributed by atoms with E-state index in [1.165, 1.54) is 28.2 Å². The van der Waals surface area contributed by atoms with E-state index >= 15 is 0 Å². The predicted octanol–water partition coefficient (Wildman–Crippen LogP) is 4.97. The second kappa shape index (κ2) is 10.9. The topological polar surface area (TPSA) is 58.1 Å². The van der Waals surface area contributed by atoms with Crippen LogP contribution >= 0.6 is 11.5 Å². The van der Waals surface area contributed by atoms with Crippen molar-refractivity contribution >= 4 is 22.6 Å². The smallest absolute Gasteiger partial charge is 0.240 e. The monoisotopic (exact) mass is 456 g/mol. The van der Waals surface area contributed by atoms with Gasteiger partial charge in [-0.25, -0.2) is 4.98 Å². The molecule has 0 spiro atoms. The Morgan fingerprint density at radius 1 is 0.939 bits per heavy atom. The summed E-state index contributed by atoms with van der Waals surface area (Å²) in [4.78, 5) is 19.4. The molecule has 0 saturated heterocycles. The Hall–Kier alpha value is -3.51. The van der Waals surface area contributed by atoms with Crippen LogP contribution in [0.2, 0.25) is 0 Å². The predicted molar refractivity (Wildman–Crippen MR) is 135 cm³/mol. The number of benzene rings is 3. The fourth-order valence-corrected chi connectivity index (χ4v) is 4.31. The second-order valence-electron chi connectivity index (χ2n) is 8.23. The van der Waals surface area contributed by atoms with Gasteiger partial charge >= 0.3 is 0 Å². The summed E-state index contributed by atoms with van der Waals surface area (Å²) < 4.78 is 4.48. The quantitative estimate of drug-likeness (QED) is 0.386. The molecule has 1 heterocycles. The van der Waals surface area contributed by atoms with Crippen molar-refractivity contribution in [2.45, 2.75) is 25.8 Å². The number of hydrogen-bond acceptors (Lipinski definition) is 5. The molecule has 0 aliphatic rings. The lowest BCUT2D eigenvalue weighted by molar-refractivity contribution is -0.120. The van der Waals surface area contributed by atoms with Crippen LogP contribution in [0, 0.1) is 6.92 Å². The molecule has 0 fully saturated rings. The van der Waals surface area contributed by atoms with Gasteiger partial charge in [-0.3, -0.25) is 4.79 Å². The van der Waals surface area contributed by atoms with Crippen LogP contribution in [0.4, 0.5) is 5.13 Å². The summed E-state index contributed by atoms with van der Waals surface area (Å²) in [6.07, 6.45) is 1.42. The molecule has 4 aromatic rings. The van der Waals surface area contributed by atoms with E-state index in [1.54, 1.807) is 0 Å².